The molecule has 3 saturated heterocycles. The van der Waals surface area contributed by atoms with Gasteiger partial charge in [0.05, 0.1) is 19.8 Å². The van der Waals surface area contributed by atoms with Gasteiger partial charge in [-0.1, -0.05) is 0 Å². The maximum absolute atomic E-state index is 10.8. The van der Waals surface area contributed by atoms with Gasteiger partial charge in [-0.15, -0.1) is 0 Å². The van der Waals surface area contributed by atoms with Gasteiger partial charge in [0.1, 0.15) is 54.9 Å². The number of aliphatic hydroxyl groups is 6. The normalized spacial score (nSPS) is 47.4. The highest BCUT2D eigenvalue weighted by molar-refractivity contribution is 7.80. The van der Waals surface area contributed by atoms with Crippen LogP contribution in [0.1, 0.15) is 0 Å². The van der Waals surface area contributed by atoms with Crippen molar-refractivity contribution in [2.75, 3.05) is 26.9 Å². The fourth-order valence-electron chi connectivity index (χ4n) is 3.58. The van der Waals surface area contributed by atoms with Crippen molar-refractivity contribution in [3.05, 3.63) is 0 Å². The molecule has 0 aromatic heterocycles. The van der Waals surface area contributed by atoms with Crippen molar-refractivity contribution in [3.8, 4) is 0 Å². The number of hydrogen-bond donors (Lipinski definition) is 7. The summed E-state index contributed by atoms with van der Waals surface area (Å²) in [5.74, 6) is 0. The Bertz CT molecular complexity index is 736. The van der Waals surface area contributed by atoms with Crippen LogP contribution in [0.3, 0.4) is 0 Å². The third-order valence-corrected chi connectivity index (χ3v) is 5.89. The third-order valence-electron chi connectivity index (χ3n) is 5.40. The molecule has 0 amide bonds. The van der Waals surface area contributed by atoms with Crippen LogP contribution in [0.25, 0.3) is 0 Å². The Labute approximate surface area is 188 Å². The summed E-state index contributed by atoms with van der Waals surface area (Å²) in [4.78, 5) is 0. The van der Waals surface area contributed by atoms with Gasteiger partial charge in [0, 0.05) is 7.11 Å². The van der Waals surface area contributed by atoms with E-state index in [0.717, 1.165) is 0 Å². The fraction of sp³-hybridized carbons (Fsp3) is 1.00. The van der Waals surface area contributed by atoms with E-state index >= 15 is 0 Å². The molecular weight excluding hydrogens is 480 g/mol. The highest BCUT2D eigenvalue weighted by Crippen LogP contribution is 2.27. The van der Waals surface area contributed by atoms with E-state index in [1.54, 1.807) is 0 Å². The average molecular weight is 508 g/mol. The number of rotatable bonds is 7. The van der Waals surface area contributed by atoms with E-state index in [2.05, 4.69) is 4.18 Å². The lowest BCUT2D eigenvalue weighted by molar-refractivity contribution is -0.347. The molecule has 0 aliphatic carbocycles. The molecule has 7 N–H and O–H groups in total. The van der Waals surface area contributed by atoms with Crippen LogP contribution in [0.15, 0.2) is 0 Å². The second-order valence-corrected chi connectivity index (χ2v) is 8.74. The van der Waals surface area contributed by atoms with Crippen molar-refractivity contribution < 1.29 is 76.2 Å². The van der Waals surface area contributed by atoms with Crippen LogP contribution in [-0.4, -0.2) is 144 Å². The average Bonchev–Trinajstić information content (AvgIpc) is 2.75. The van der Waals surface area contributed by atoms with Crippen LogP contribution >= 0.6 is 0 Å². The van der Waals surface area contributed by atoms with Crippen LogP contribution in [0.5, 0.6) is 0 Å². The van der Waals surface area contributed by atoms with E-state index in [-0.39, 0.29) is 13.2 Å². The van der Waals surface area contributed by atoms with Gasteiger partial charge in [0.2, 0.25) is 0 Å². The van der Waals surface area contributed by atoms with Crippen molar-refractivity contribution >= 4 is 10.4 Å². The first-order chi connectivity index (χ1) is 15.4. The molecule has 3 aliphatic rings. The SMILES string of the molecule is CO[C@@H]1OC[C@@H](O[C@@H]2OC[C@@H](O[C@@H]3OC[C@@H](OS(=O)(=O)O)[C@H](O)[C@H]3O)[C@H](O)[C@H]2O)[C@H](O)[C@H]1O. The highest BCUT2D eigenvalue weighted by Gasteiger charge is 2.48. The molecule has 0 saturated carbocycles. The second kappa shape index (κ2) is 11.0. The summed E-state index contributed by atoms with van der Waals surface area (Å²) in [6, 6.07) is 0. The quantitative estimate of drug-likeness (QED) is 0.159. The lowest BCUT2D eigenvalue weighted by atomic mass is 10.0. The summed E-state index contributed by atoms with van der Waals surface area (Å²) < 4.78 is 65.8. The molecular formula is C16H28O16S. The predicted octanol–water partition coefficient (Wildman–Crippen LogP) is -5.17. The summed E-state index contributed by atoms with van der Waals surface area (Å²) in [5.41, 5.74) is 0. The molecule has 33 heavy (non-hydrogen) atoms. The van der Waals surface area contributed by atoms with E-state index in [1.165, 1.54) is 7.11 Å². The Morgan fingerprint density at radius 2 is 1.00 bits per heavy atom. The molecule has 0 aromatic rings. The fourth-order valence-corrected chi connectivity index (χ4v) is 4.06. The number of aliphatic hydroxyl groups excluding tert-OH is 6. The summed E-state index contributed by atoms with van der Waals surface area (Å²) in [7, 11) is -3.64. The first kappa shape index (κ1) is 27.0. The highest BCUT2D eigenvalue weighted by atomic mass is 32.3. The van der Waals surface area contributed by atoms with Crippen molar-refractivity contribution in [2.45, 2.75) is 73.8 Å². The smallest absolute Gasteiger partial charge is 0.387 e. The second-order valence-electron chi connectivity index (χ2n) is 7.70. The lowest BCUT2D eigenvalue weighted by Crippen LogP contribution is -2.61. The molecule has 0 radical (unpaired) electrons. The number of hydrogen-bond acceptors (Lipinski definition) is 15. The van der Waals surface area contributed by atoms with Gasteiger partial charge in [-0.2, -0.15) is 8.42 Å². The molecule has 3 aliphatic heterocycles. The maximum Gasteiger partial charge on any atom is 0.397 e. The minimum absolute atomic E-state index is 0.202. The monoisotopic (exact) mass is 508 g/mol. The molecule has 16 nitrogen and oxygen atoms in total. The molecule has 0 unspecified atom stereocenters. The van der Waals surface area contributed by atoms with Gasteiger partial charge in [-0.3, -0.25) is 4.55 Å². The van der Waals surface area contributed by atoms with Crippen molar-refractivity contribution in [3.63, 3.8) is 0 Å². The van der Waals surface area contributed by atoms with E-state index < -0.39 is 90.8 Å². The number of ether oxygens (including phenoxy) is 6. The summed E-state index contributed by atoms with van der Waals surface area (Å²) in [5, 5.41) is 60.9. The first-order valence-electron chi connectivity index (χ1n) is 9.85. The minimum atomic E-state index is -4.92. The van der Waals surface area contributed by atoms with E-state index in [9.17, 15) is 39.1 Å². The Kier molecular flexibility index (Phi) is 8.98. The van der Waals surface area contributed by atoms with Gasteiger partial charge < -0.3 is 59.1 Å². The third kappa shape index (κ3) is 6.34. The van der Waals surface area contributed by atoms with Gasteiger partial charge in [0.25, 0.3) is 0 Å². The van der Waals surface area contributed by atoms with Crippen LogP contribution in [0, 0.1) is 0 Å². The Morgan fingerprint density at radius 3 is 1.42 bits per heavy atom. The van der Waals surface area contributed by atoms with Crippen LogP contribution in [0.4, 0.5) is 0 Å². The molecule has 17 heteroatoms. The summed E-state index contributed by atoms with van der Waals surface area (Å²) >= 11 is 0. The standard InChI is InChI=1S/C16H28O16S/c1-26-14-11(20)8(17)5(2-27-14)30-15-12(21)9(18)6(3-28-15)31-16-13(22)10(19)7(4-29-16)32-33(23,24)25/h5-22H,2-4H2,1H3,(H,23,24,25)/t5-,6-,7-,8+,9+,10+,11-,12-,13-,14-,15+,16+/m1/s1. The zero-order valence-corrected chi connectivity index (χ0v) is 18.1. The molecule has 3 fully saturated rings. The van der Waals surface area contributed by atoms with Crippen molar-refractivity contribution in [2.24, 2.45) is 0 Å². The molecule has 3 heterocycles. The van der Waals surface area contributed by atoms with Crippen molar-refractivity contribution in [1.29, 1.82) is 0 Å². The van der Waals surface area contributed by atoms with Crippen LogP contribution in [0.2, 0.25) is 0 Å². The largest absolute Gasteiger partial charge is 0.397 e. The Balaban J connectivity index is 1.53. The van der Waals surface area contributed by atoms with E-state index in [1.807, 2.05) is 0 Å². The zero-order valence-electron chi connectivity index (χ0n) is 17.3. The van der Waals surface area contributed by atoms with Crippen LogP contribution in [-0.2, 0) is 43.0 Å². The lowest BCUT2D eigenvalue weighted by Gasteiger charge is -2.43. The first-order valence-corrected chi connectivity index (χ1v) is 11.2. The van der Waals surface area contributed by atoms with Gasteiger partial charge in [-0.05, 0) is 0 Å². The molecule has 194 valence electrons. The van der Waals surface area contributed by atoms with Gasteiger partial charge >= 0.3 is 10.4 Å². The molecule has 0 bridgehead atoms. The maximum atomic E-state index is 10.8. The zero-order chi connectivity index (χ0) is 24.5. The minimum Gasteiger partial charge on any atom is -0.387 e. The predicted molar refractivity (Wildman–Crippen MR) is 98.4 cm³/mol. The summed E-state index contributed by atoms with van der Waals surface area (Å²) in [6.45, 7) is -1.18. The number of methoxy groups -OCH3 is 1. The van der Waals surface area contributed by atoms with E-state index in [4.69, 9.17) is 33.0 Å². The molecule has 12 atom stereocenters. The van der Waals surface area contributed by atoms with Crippen LogP contribution < -0.4 is 0 Å². The topological polar surface area (TPSA) is 240 Å². The molecule has 0 aromatic carbocycles. The Hall–Kier alpha value is -0.610. The summed E-state index contributed by atoms with van der Waals surface area (Å²) in [6.07, 6.45) is -17.9. The van der Waals surface area contributed by atoms with Crippen molar-refractivity contribution in [1.82, 2.24) is 0 Å². The Morgan fingerprint density at radius 1 is 0.636 bits per heavy atom. The van der Waals surface area contributed by atoms with Gasteiger partial charge in [0.15, 0.2) is 18.9 Å². The molecule has 3 rings (SSSR count). The molecule has 0 spiro atoms. The van der Waals surface area contributed by atoms with E-state index in [0.29, 0.717) is 0 Å². The van der Waals surface area contributed by atoms with Gasteiger partial charge in [-0.25, -0.2) is 4.18 Å².